The quantitative estimate of drug-likeness (QED) is 0.909. The molecule has 2 heterocycles. The van der Waals surface area contributed by atoms with Crippen LogP contribution in [-0.2, 0) is 0 Å². The van der Waals surface area contributed by atoms with Gasteiger partial charge < -0.3 is 5.32 Å². The second-order valence-corrected chi connectivity index (χ2v) is 6.64. The molecule has 3 nitrogen and oxygen atoms in total. The molecule has 2 aliphatic heterocycles. The molecule has 1 atom stereocenters. The highest BCUT2D eigenvalue weighted by Crippen LogP contribution is 2.27. The molecule has 20 heavy (non-hydrogen) atoms. The summed E-state index contributed by atoms with van der Waals surface area (Å²) in [6, 6.07) is 6.06. The first-order valence-corrected chi connectivity index (χ1v) is 8.08. The Bertz CT molecular complexity index is 470. The second kappa shape index (κ2) is 6.10. The summed E-state index contributed by atoms with van der Waals surface area (Å²) in [5.74, 6) is -0.105. The van der Waals surface area contributed by atoms with Crippen molar-refractivity contribution in [2.75, 3.05) is 39.3 Å². The number of piperazine rings is 1. The Labute approximate surface area is 128 Å². The minimum absolute atomic E-state index is 0.105. The summed E-state index contributed by atoms with van der Waals surface area (Å²) in [6.07, 6.45) is 0. The molecule has 0 saturated carbocycles. The van der Waals surface area contributed by atoms with Crippen LogP contribution in [0.15, 0.2) is 22.7 Å². The Kier molecular flexibility index (Phi) is 4.40. The zero-order valence-corrected chi connectivity index (χ0v) is 13.4. The van der Waals surface area contributed by atoms with Crippen molar-refractivity contribution in [3.63, 3.8) is 0 Å². The zero-order valence-electron chi connectivity index (χ0n) is 11.8. The fraction of sp³-hybridized carbons (Fsp3) is 0.600. The van der Waals surface area contributed by atoms with Gasteiger partial charge in [-0.15, -0.1) is 0 Å². The third-order valence-corrected chi connectivity index (χ3v) is 5.07. The Balaban J connectivity index is 1.63. The van der Waals surface area contributed by atoms with E-state index in [2.05, 4.69) is 38.0 Å². The molecule has 1 N–H and O–H groups in total. The van der Waals surface area contributed by atoms with Gasteiger partial charge in [-0.05, 0) is 25.1 Å². The lowest BCUT2D eigenvalue weighted by Gasteiger charge is -2.44. The fourth-order valence-electron chi connectivity index (χ4n) is 3.05. The predicted molar refractivity (Wildman–Crippen MR) is 82.3 cm³/mol. The molecule has 1 aromatic carbocycles. The van der Waals surface area contributed by atoms with Crippen LogP contribution in [0.2, 0.25) is 0 Å². The number of hydrogen-bond acceptors (Lipinski definition) is 3. The normalized spacial score (nSPS) is 23.6. The molecule has 1 aromatic rings. The molecular formula is C15H21BrFN3. The molecule has 2 aliphatic rings. The van der Waals surface area contributed by atoms with Crippen LogP contribution in [0, 0.1) is 5.82 Å². The summed E-state index contributed by atoms with van der Waals surface area (Å²) in [6.45, 7) is 8.56. The van der Waals surface area contributed by atoms with Crippen LogP contribution < -0.4 is 5.32 Å². The van der Waals surface area contributed by atoms with Crippen LogP contribution in [0.4, 0.5) is 4.39 Å². The Hall–Kier alpha value is -0.490. The van der Waals surface area contributed by atoms with E-state index in [1.165, 1.54) is 0 Å². The Morgan fingerprint density at radius 3 is 2.55 bits per heavy atom. The summed E-state index contributed by atoms with van der Waals surface area (Å²) < 4.78 is 14.9. The summed E-state index contributed by atoms with van der Waals surface area (Å²) in [4.78, 5) is 4.93. The SMILES string of the molecule is CC(c1cc(Br)ccc1F)N1CCN(C2CNC2)CC1. The third kappa shape index (κ3) is 2.91. The highest BCUT2D eigenvalue weighted by Gasteiger charge is 2.29. The predicted octanol–water partition coefficient (Wildman–Crippen LogP) is 2.24. The van der Waals surface area contributed by atoms with Gasteiger partial charge in [-0.1, -0.05) is 15.9 Å². The summed E-state index contributed by atoms with van der Waals surface area (Å²) >= 11 is 3.43. The molecule has 0 spiro atoms. The lowest BCUT2D eigenvalue weighted by atomic mass is 10.0. The highest BCUT2D eigenvalue weighted by atomic mass is 79.9. The first-order valence-electron chi connectivity index (χ1n) is 7.29. The third-order valence-electron chi connectivity index (χ3n) is 4.58. The second-order valence-electron chi connectivity index (χ2n) is 5.73. The number of halogens is 2. The van der Waals surface area contributed by atoms with Gasteiger partial charge in [0.15, 0.2) is 0 Å². The van der Waals surface area contributed by atoms with Gasteiger partial charge in [-0.25, -0.2) is 4.39 Å². The number of nitrogens with one attached hydrogen (secondary N) is 1. The van der Waals surface area contributed by atoms with E-state index in [1.54, 1.807) is 12.1 Å². The van der Waals surface area contributed by atoms with Crippen LogP contribution >= 0.6 is 15.9 Å². The lowest BCUT2D eigenvalue weighted by molar-refractivity contribution is 0.0545. The van der Waals surface area contributed by atoms with Crippen molar-refractivity contribution >= 4 is 15.9 Å². The Morgan fingerprint density at radius 1 is 1.25 bits per heavy atom. The molecule has 0 amide bonds. The molecular weight excluding hydrogens is 321 g/mol. The van der Waals surface area contributed by atoms with Crippen LogP contribution in [0.1, 0.15) is 18.5 Å². The minimum atomic E-state index is -0.105. The number of hydrogen-bond donors (Lipinski definition) is 1. The van der Waals surface area contributed by atoms with Crippen LogP contribution in [-0.4, -0.2) is 55.1 Å². The van der Waals surface area contributed by atoms with Crippen molar-refractivity contribution < 1.29 is 4.39 Å². The van der Waals surface area contributed by atoms with Crippen LogP contribution in [0.3, 0.4) is 0 Å². The molecule has 110 valence electrons. The van der Waals surface area contributed by atoms with Crippen molar-refractivity contribution in [1.82, 2.24) is 15.1 Å². The van der Waals surface area contributed by atoms with E-state index < -0.39 is 0 Å². The van der Waals surface area contributed by atoms with Gasteiger partial charge >= 0.3 is 0 Å². The maximum absolute atomic E-state index is 14.0. The van der Waals surface area contributed by atoms with Crippen molar-refractivity contribution in [3.05, 3.63) is 34.1 Å². The van der Waals surface area contributed by atoms with Gasteiger partial charge in [0.2, 0.25) is 0 Å². The number of nitrogens with zero attached hydrogens (tertiary/aromatic N) is 2. The number of benzene rings is 1. The standard InChI is InChI=1S/C15H21BrFN3/c1-11(14-8-12(16)2-3-15(14)17)19-4-6-20(7-5-19)13-9-18-10-13/h2-3,8,11,13,18H,4-7,9-10H2,1H3. The Morgan fingerprint density at radius 2 is 1.95 bits per heavy atom. The molecule has 2 fully saturated rings. The van der Waals surface area contributed by atoms with E-state index in [-0.39, 0.29) is 11.9 Å². The fourth-order valence-corrected chi connectivity index (χ4v) is 3.43. The average Bonchev–Trinajstić information content (AvgIpc) is 2.40. The smallest absolute Gasteiger partial charge is 0.128 e. The van der Waals surface area contributed by atoms with Crippen LogP contribution in [0.5, 0.6) is 0 Å². The molecule has 0 aromatic heterocycles. The van der Waals surface area contributed by atoms with Gasteiger partial charge in [0.25, 0.3) is 0 Å². The molecule has 3 rings (SSSR count). The van der Waals surface area contributed by atoms with Gasteiger partial charge in [0.1, 0.15) is 5.82 Å². The molecule has 0 aliphatic carbocycles. The molecule has 2 saturated heterocycles. The van der Waals surface area contributed by atoms with E-state index >= 15 is 0 Å². The average molecular weight is 342 g/mol. The number of rotatable bonds is 3. The van der Waals surface area contributed by atoms with Gasteiger partial charge in [-0.2, -0.15) is 0 Å². The monoisotopic (exact) mass is 341 g/mol. The largest absolute Gasteiger partial charge is 0.314 e. The first-order chi connectivity index (χ1) is 9.65. The van der Waals surface area contributed by atoms with Crippen molar-refractivity contribution in [3.8, 4) is 0 Å². The summed E-state index contributed by atoms with van der Waals surface area (Å²) in [7, 11) is 0. The molecule has 0 bridgehead atoms. The maximum atomic E-state index is 14.0. The highest BCUT2D eigenvalue weighted by molar-refractivity contribution is 9.10. The van der Waals surface area contributed by atoms with Crippen LogP contribution in [0.25, 0.3) is 0 Å². The van der Waals surface area contributed by atoms with Gasteiger partial charge in [0, 0.05) is 61.4 Å². The van der Waals surface area contributed by atoms with E-state index in [1.807, 2.05) is 6.07 Å². The van der Waals surface area contributed by atoms with Crippen molar-refractivity contribution in [2.45, 2.75) is 19.0 Å². The maximum Gasteiger partial charge on any atom is 0.128 e. The van der Waals surface area contributed by atoms with Crippen molar-refractivity contribution in [2.24, 2.45) is 0 Å². The van der Waals surface area contributed by atoms with Crippen molar-refractivity contribution in [1.29, 1.82) is 0 Å². The van der Waals surface area contributed by atoms with E-state index in [0.717, 1.165) is 55.3 Å². The molecule has 1 unspecified atom stereocenters. The molecule has 0 radical (unpaired) electrons. The first kappa shape index (κ1) is 14.4. The van der Waals surface area contributed by atoms with Gasteiger partial charge in [-0.3, -0.25) is 9.80 Å². The van der Waals surface area contributed by atoms with E-state index in [9.17, 15) is 4.39 Å². The summed E-state index contributed by atoms with van der Waals surface area (Å²) in [5.41, 5.74) is 0.790. The zero-order chi connectivity index (χ0) is 14.1. The van der Waals surface area contributed by atoms with E-state index in [4.69, 9.17) is 0 Å². The van der Waals surface area contributed by atoms with Gasteiger partial charge in [0.05, 0.1) is 0 Å². The van der Waals surface area contributed by atoms with E-state index in [0.29, 0.717) is 0 Å². The molecule has 5 heteroatoms. The topological polar surface area (TPSA) is 18.5 Å². The minimum Gasteiger partial charge on any atom is -0.314 e. The lowest BCUT2D eigenvalue weighted by Crippen LogP contribution is -2.61. The summed E-state index contributed by atoms with van der Waals surface area (Å²) in [5, 5.41) is 3.32.